The Labute approximate surface area is 143 Å². The highest BCUT2D eigenvalue weighted by Crippen LogP contribution is 2.15. The molecule has 2 amide bonds. The van der Waals surface area contributed by atoms with Gasteiger partial charge in [-0.15, -0.1) is 10.2 Å². The Balaban J connectivity index is 1.52. The number of anilines is 1. The molecule has 0 radical (unpaired) electrons. The van der Waals surface area contributed by atoms with E-state index in [-0.39, 0.29) is 11.8 Å². The number of hydrogen-bond donors (Lipinski definition) is 2. The van der Waals surface area contributed by atoms with Gasteiger partial charge in [0.1, 0.15) is 5.82 Å². The van der Waals surface area contributed by atoms with Gasteiger partial charge >= 0.3 is 6.03 Å². The van der Waals surface area contributed by atoms with Crippen LogP contribution in [0.15, 0.2) is 42.7 Å². The molecule has 0 saturated heterocycles. The zero-order chi connectivity index (χ0) is 17.6. The van der Waals surface area contributed by atoms with Gasteiger partial charge in [0.05, 0.1) is 11.9 Å². The molecule has 3 aromatic rings. The summed E-state index contributed by atoms with van der Waals surface area (Å²) in [6.07, 6.45) is 4.10. The minimum absolute atomic E-state index is 0.341. The van der Waals surface area contributed by atoms with Crippen LogP contribution in [-0.2, 0) is 6.54 Å². The molecule has 25 heavy (non-hydrogen) atoms. The third-order valence-corrected chi connectivity index (χ3v) is 3.50. The molecule has 0 unspecified atom stereocenters. The zero-order valence-electron chi connectivity index (χ0n) is 13.7. The van der Waals surface area contributed by atoms with Crippen LogP contribution in [-0.4, -0.2) is 37.4 Å². The van der Waals surface area contributed by atoms with E-state index in [0.717, 1.165) is 12.1 Å². The minimum atomic E-state index is -0.345. The van der Waals surface area contributed by atoms with E-state index in [4.69, 9.17) is 0 Å². The summed E-state index contributed by atoms with van der Waals surface area (Å²) in [6, 6.07) is 7.49. The lowest BCUT2D eigenvalue weighted by atomic mass is 10.3. The quantitative estimate of drug-likeness (QED) is 0.671. The van der Waals surface area contributed by atoms with E-state index in [0.29, 0.717) is 24.6 Å². The Bertz CT molecular complexity index is 844. The van der Waals surface area contributed by atoms with Crippen LogP contribution in [0.4, 0.5) is 15.0 Å². The Morgan fingerprint density at radius 3 is 2.96 bits per heavy atom. The van der Waals surface area contributed by atoms with Crippen LogP contribution in [0.25, 0.3) is 5.69 Å². The maximum absolute atomic E-state index is 13.3. The van der Waals surface area contributed by atoms with E-state index in [1.165, 1.54) is 12.1 Å². The highest BCUT2D eigenvalue weighted by molar-refractivity contribution is 5.88. The maximum atomic E-state index is 13.3. The third-order valence-electron chi connectivity index (χ3n) is 3.50. The molecule has 0 aliphatic rings. The van der Waals surface area contributed by atoms with Crippen molar-refractivity contribution in [3.63, 3.8) is 0 Å². The van der Waals surface area contributed by atoms with Crippen molar-refractivity contribution in [2.75, 3.05) is 11.9 Å². The van der Waals surface area contributed by atoms with Crippen molar-refractivity contribution in [3.05, 3.63) is 54.2 Å². The highest BCUT2D eigenvalue weighted by atomic mass is 19.1. The molecule has 0 bridgehead atoms. The number of rotatable bonds is 6. The molecule has 2 heterocycles. The molecule has 2 aromatic heterocycles. The van der Waals surface area contributed by atoms with E-state index < -0.39 is 0 Å². The summed E-state index contributed by atoms with van der Waals surface area (Å²) in [7, 11) is 0. The monoisotopic (exact) mass is 343 g/mol. The number of carbonyl (C=O) groups excluding carboxylic acids is 1. The van der Waals surface area contributed by atoms with Crippen LogP contribution in [0.2, 0.25) is 0 Å². The van der Waals surface area contributed by atoms with E-state index >= 15 is 0 Å². The Morgan fingerprint density at radius 1 is 1.32 bits per heavy atom. The largest absolute Gasteiger partial charge is 0.338 e. The number of aromatic nitrogens is 5. The Morgan fingerprint density at radius 2 is 2.20 bits per heavy atom. The van der Waals surface area contributed by atoms with Crippen LogP contribution in [0, 0.1) is 12.7 Å². The molecule has 0 aliphatic heterocycles. The van der Waals surface area contributed by atoms with Crippen molar-refractivity contribution in [2.45, 2.75) is 19.9 Å². The number of nitrogens with one attached hydrogen (secondary N) is 2. The lowest BCUT2D eigenvalue weighted by molar-refractivity contribution is 0.251. The van der Waals surface area contributed by atoms with Crippen LogP contribution in [0.5, 0.6) is 0 Å². The normalized spacial score (nSPS) is 10.6. The topological polar surface area (TPSA) is 89.7 Å². The average molecular weight is 343 g/mol. The molecule has 2 N–H and O–H groups in total. The Kier molecular flexibility index (Phi) is 5.03. The molecular formula is C16H18FN7O. The summed E-state index contributed by atoms with van der Waals surface area (Å²) >= 11 is 0. The first kappa shape index (κ1) is 16.6. The van der Waals surface area contributed by atoms with Crippen LogP contribution in [0.1, 0.15) is 12.1 Å². The molecule has 3 rings (SSSR count). The highest BCUT2D eigenvalue weighted by Gasteiger charge is 2.09. The fourth-order valence-corrected chi connectivity index (χ4v) is 2.36. The second-order valence-electron chi connectivity index (χ2n) is 5.46. The van der Waals surface area contributed by atoms with E-state index in [1.807, 2.05) is 6.92 Å². The summed E-state index contributed by atoms with van der Waals surface area (Å²) in [5.41, 5.74) is 1.38. The Hall–Kier alpha value is -3.23. The second-order valence-corrected chi connectivity index (χ2v) is 5.46. The first-order valence-electron chi connectivity index (χ1n) is 7.83. The van der Waals surface area contributed by atoms with Gasteiger partial charge in [-0.1, -0.05) is 11.3 Å². The van der Waals surface area contributed by atoms with E-state index in [9.17, 15) is 9.18 Å². The molecule has 130 valence electrons. The molecule has 0 spiro atoms. The number of amides is 2. The summed E-state index contributed by atoms with van der Waals surface area (Å²) in [5, 5.41) is 17.3. The van der Waals surface area contributed by atoms with Gasteiger partial charge < -0.3 is 5.32 Å². The van der Waals surface area contributed by atoms with Gasteiger partial charge in [-0.2, -0.15) is 0 Å². The van der Waals surface area contributed by atoms with Gasteiger partial charge in [-0.3, -0.25) is 10.00 Å². The molecule has 0 aliphatic carbocycles. The molecular weight excluding hydrogens is 325 g/mol. The lowest BCUT2D eigenvalue weighted by Crippen LogP contribution is -2.30. The molecule has 0 saturated carbocycles. The molecule has 8 nitrogen and oxygen atoms in total. The number of carbonyl (C=O) groups is 1. The second kappa shape index (κ2) is 7.56. The van der Waals surface area contributed by atoms with Gasteiger partial charge in [0.2, 0.25) is 0 Å². The average Bonchev–Trinajstić information content (AvgIpc) is 3.21. The SMILES string of the molecule is Cc1cc(NC(=O)NCCCn2ccnn2)nn1-c1cccc(F)c1. The summed E-state index contributed by atoms with van der Waals surface area (Å²) in [6.45, 7) is 3.00. The molecule has 1 aromatic carbocycles. The van der Waals surface area contributed by atoms with Crippen molar-refractivity contribution in [3.8, 4) is 5.69 Å². The van der Waals surface area contributed by atoms with Gasteiger partial charge in [0.15, 0.2) is 5.82 Å². The van der Waals surface area contributed by atoms with Gasteiger partial charge in [-0.05, 0) is 31.5 Å². The summed E-state index contributed by atoms with van der Waals surface area (Å²) in [4.78, 5) is 11.9. The van der Waals surface area contributed by atoms with Gasteiger partial charge in [-0.25, -0.2) is 13.9 Å². The van der Waals surface area contributed by atoms with Crippen LogP contribution >= 0.6 is 0 Å². The van der Waals surface area contributed by atoms with Gasteiger partial charge in [0, 0.05) is 31.0 Å². The minimum Gasteiger partial charge on any atom is -0.338 e. The first-order chi connectivity index (χ1) is 12.1. The van der Waals surface area contributed by atoms with Crippen LogP contribution < -0.4 is 10.6 Å². The number of aryl methyl sites for hydroxylation is 2. The summed E-state index contributed by atoms with van der Waals surface area (Å²) in [5.74, 6) is 0.0579. The number of urea groups is 1. The number of halogens is 1. The van der Waals surface area contributed by atoms with Gasteiger partial charge in [0.25, 0.3) is 0 Å². The summed E-state index contributed by atoms with van der Waals surface area (Å²) < 4.78 is 16.6. The van der Waals surface area contributed by atoms with Crippen molar-refractivity contribution >= 4 is 11.8 Å². The van der Waals surface area contributed by atoms with Crippen molar-refractivity contribution in [1.82, 2.24) is 30.1 Å². The first-order valence-corrected chi connectivity index (χ1v) is 7.83. The van der Waals surface area contributed by atoms with E-state index in [2.05, 4.69) is 26.0 Å². The predicted octanol–water partition coefficient (Wildman–Crippen LogP) is 2.12. The smallest absolute Gasteiger partial charge is 0.320 e. The number of benzene rings is 1. The lowest BCUT2D eigenvalue weighted by Gasteiger charge is -2.06. The van der Waals surface area contributed by atoms with E-state index in [1.54, 1.807) is 40.0 Å². The maximum Gasteiger partial charge on any atom is 0.320 e. The third kappa shape index (κ3) is 4.40. The predicted molar refractivity (Wildman–Crippen MR) is 89.9 cm³/mol. The number of nitrogens with zero attached hydrogens (tertiary/aromatic N) is 5. The zero-order valence-corrected chi connectivity index (χ0v) is 13.7. The van der Waals surface area contributed by atoms with Crippen molar-refractivity contribution in [2.24, 2.45) is 0 Å². The molecule has 0 atom stereocenters. The fraction of sp³-hybridized carbons (Fsp3) is 0.250. The van der Waals surface area contributed by atoms with Crippen molar-refractivity contribution < 1.29 is 9.18 Å². The molecule has 0 fully saturated rings. The standard InChI is InChI=1S/C16H18FN7O/c1-12-10-15(21-24(12)14-5-2-4-13(17)11-14)20-16(25)18-6-3-8-23-9-7-19-22-23/h2,4-5,7,9-11H,3,6,8H2,1H3,(H2,18,20,21,25). The number of hydrogen-bond acceptors (Lipinski definition) is 4. The fourth-order valence-electron chi connectivity index (χ4n) is 2.36. The van der Waals surface area contributed by atoms with Crippen molar-refractivity contribution in [1.29, 1.82) is 0 Å². The molecule has 9 heteroatoms. The van der Waals surface area contributed by atoms with Crippen LogP contribution in [0.3, 0.4) is 0 Å².